The zero-order chi connectivity index (χ0) is 15.3. The van der Waals surface area contributed by atoms with Gasteiger partial charge in [0.15, 0.2) is 5.69 Å². The van der Waals surface area contributed by atoms with Crippen molar-refractivity contribution in [2.75, 3.05) is 20.2 Å². The molecule has 0 bridgehead atoms. The van der Waals surface area contributed by atoms with Gasteiger partial charge in [-0.05, 0) is 13.8 Å². The molecule has 1 aromatic rings. The first-order valence-electron chi connectivity index (χ1n) is 6.08. The molecular weight excluding hydrogens is 282 g/mol. The average molecular weight is 301 g/mol. The molecule has 3 N–H and O–H groups in total. The minimum absolute atomic E-state index is 0.0230. The SMILES string of the molecule is CN(C(=O)NCCc1nc(C(=O)O)cs1)C(C)(C)CO. The maximum absolute atomic E-state index is 11.8. The van der Waals surface area contributed by atoms with Crippen molar-refractivity contribution >= 4 is 23.3 Å². The largest absolute Gasteiger partial charge is 0.476 e. The molecule has 0 aliphatic rings. The van der Waals surface area contributed by atoms with E-state index in [-0.39, 0.29) is 18.3 Å². The lowest BCUT2D eigenvalue weighted by atomic mass is 10.1. The molecule has 0 fully saturated rings. The second-order valence-electron chi connectivity index (χ2n) is 4.94. The van der Waals surface area contributed by atoms with Crippen LogP contribution in [-0.2, 0) is 6.42 Å². The van der Waals surface area contributed by atoms with Crippen LogP contribution in [0.1, 0.15) is 29.3 Å². The standard InChI is InChI=1S/C12H19N3O4S/c1-12(2,7-16)15(3)11(19)13-5-4-9-14-8(6-20-9)10(17)18/h6,16H,4-5,7H2,1-3H3,(H,13,19)(H,17,18). The van der Waals surface area contributed by atoms with Gasteiger partial charge in [0, 0.05) is 25.4 Å². The van der Waals surface area contributed by atoms with Gasteiger partial charge in [-0.25, -0.2) is 14.6 Å². The molecule has 0 unspecified atom stereocenters. The number of carbonyl (C=O) groups is 2. The summed E-state index contributed by atoms with van der Waals surface area (Å²) in [5.41, 5.74) is -0.614. The highest BCUT2D eigenvalue weighted by molar-refractivity contribution is 7.09. The van der Waals surface area contributed by atoms with Crippen LogP contribution < -0.4 is 5.32 Å². The fourth-order valence-electron chi connectivity index (χ4n) is 1.30. The smallest absolute Gasteiger partial charge is 0.355 e. The van der Waals surface area contributed by atoms with Gasteiger partial charge in [-0.2, -0.15) is 0 Å². The molecule has 1 rings (SSSR count). The van der Waals surface area contributed by atoms with Crippen LogP contribution in [0.3, 0.4) is 0 Å². The normalized spacial score (nSPS) is 11.2. The Morgan fingerprint density at radius 2 is 2.15 bits per heavy atom. The zero-order valence-corrected chi connectivity index (χ0v) is 12.5. The molecule has 0 aromatic carbocycles. The first-order valence-corrected chi connectivity index (χ1v) is 6.96. The van der Waals surface area contributed by atoms with Gasteiger partial charge in [-0.15, -0.1) is 11.3 Å². The molecule has 8 heteroatoms. The number of nitrogens with zero attached hydrogens (tertiary/aromatic N) is 2. The summed E-state index contributed by atoms with van der Waals surface area (Å²) in [5.74, 6) is -1.05. The van der Waals surface area contributed by atoms with E-state index in [1.54, 1.807) is 20.9 Å². The molecule has 1 aromatic heterocycles. The van der Waals surface area contributed by atoms with Crippen molar-refractivity contribution in [2.24, 2.45) is 0 Å². The van der Waals surface area contributed by atoms with Crippen LogP contribution in [0, 0.1) is 0 Å². The third kappa shape index (κ3) is 4.17. The number of amides is 2. The molecule has 112 valence electrons. The van der Waals surface area contributed by atoms with E-state index in [1.807, 2.05) is 0 Å². The maximum Gasteiger partial charge on any atom is 0.355 e. The van der Waals surface area contributed by atoms with Crippen LogP contribution in [0.5, 0.6) is 0 Å². The van der Waals surface area contributed by atoms with E-state index < -0.39 is 11.5 Å². The number of urea groups is 1. The van der Waals surface area contributed by atoms with E-state index in [9.17, 15) is 14.7 Å². The Labute approximate surface area is 121 Å². The number of aromatic carboxylic acids is 1. The summed E-state index contributed by atoms with van der Waals surface area (Å²) in [4.78, 5) is 27.9. The van der Waals surface area contributed by atoms with Gasteiger partial charge in [0.05, 0.1) is 17.2 Å². The van der Waals surface area contributed by atoms with E-state index in [4.69, 9.17) is 5.11 Å². The van der Waals surface area contributed by atoms with Crippen molar-refractivity contribution < 1.29 is 19.8 Å². The lowest BCUT2D eigenvalue weighted by Gasteiger charge is -2.33. The van der Waals surface area contributed by atoms with E-state index in [0.29, 0.717) is 18.0 Å². The van der Waals surface area contributed by atoms with Crippen LogP contribution in [0.15, 0.2) is 5.38 Å². The number of hydrogen-bond acceptors (Lipinski definition) is 5. The summed E-state index contributed by atoms with van der Waals surface area (Å²) in [7, 11) is 1.61. The third-order valence-electron chi connectivity index (χ3n) is 2.99. The summed E-state index contributed by atoms with van der Waals surface area (Å²) in [5, 5.41) is 22.8. The van der Waals surface area contributed by atoms with Crippen LogP contribution in [-0.4, -0.2) is 57.8 Å². The van der Waals surface area contributed by atoms with Gasteiger partial charge < -0.3 is 20.4 Å². The van der Waals surface area contributed by atoms with Gasteiger partial charge in [-0.1, -0.05) is 0 Å². The molecule has 1 heterocycles. The molecule has 0 saturated heterocycles. The lowest BCUT2D eigenvalue weighted by Crippen LogP contribution is -2.51. The van der Waals surface area contributed by atoms with Crippen molar-refractivity contribution in [3.63, 3.8) is 0 Å². The molecule has 0 aliphatic carbocycles. The predicted molar refractivity (Wildman–Crippen MR) is 75.1 cm³/mol. The van der Waals surface area contributed by atoms with Crippen LogP contribution in [0.25, 0.3) is 0 Å². The van der Waals surface area contributed by atoms with E-state index in [1.165, 1.54) is 21.6 Å². The van der Waals surface area contributed by atoms with E-state index in [2.05, 4.69) is 10.3 Å². The summed E-state index contributed by atoms with van der Waals surface area (Å²) in [6.45, 7) is 3.74. The fourth-order valence-corrected chi connectivity index (χ4v) is 2.07. The second kappa shape index (κ2) is 6.67. The summed E-state index contributed by atoms with van der Waals surface area (Å²) in [6.07, 6.45) is 0.469. The Hall–Kier alpha value is -1.67. The first kappa shape index (κ1) is 16.4. The van der Waals surface area contributed by atoms with Crippen LogP contribution >= 0.6 is 11.3 Å². The summed E-state index contributed by atoms with van der Waals surface area (Å²) >= 11 is 1.25. The Morgan fingerprint density at radius 1 is 1.50 bits per heavy atom. The maximum atomic E-state index is 11.8. The molecule has 7 nitrogen and oxygen atoms in total. The number of thiazole rings is 1. The number of aliphatic hydroxyl groups is 1. The molecule has 0 spiro atoms. The number of likely N-dealkylation sites (N-methyl/N-ethyl adjacent to an activating group) is 1. The average Bonchev–Trinajstić information content (AvgIpc) is 2.86. The highest BCUT2D eigenvalue weighted by Crippen LogP contribution is 2.12. The number of aliphatic hydroxyl groups excluding tert-OH is 1. The summed E-state index contributed by atoms with van der Waals surface area (Å²) in [6, 6.07) is -0.293. The number of hydrogen-bond donors (Lipinski definition) is 3. The van der Waals surface area contributed by atoms with Crippen molar-refractivity contribution in [3.05, 3.63) is 16.1 Å². The minimum Gasteiger partial charge on any atom is -0.476 e. The van der Waals surface area contributed by atoms with Crippen LogP contribution in [0.2, 0.25) is 0 Å². The Balaban J connectivity index is 2.44. The molecule has 0 atom stereocenters. The van der Waals surface area contributed by atoms with Crippen molar-refractivity contribution in [1.82, 2.24) is 15.2 Å². The van der Waals surface area contributed by atoms with Crippen molar-refractivity contribution in [2.45, 2.75) is 25.8 Å². The minimum atomic E-state index is -1.05. The molecule has 0 aliphatic heterocycles. The Kier molecular flexibility index (Phi) is 5.46. The third-order valence-corrected chi connectivity index (χ3v) is 3.89. The van der Waals surface area contributed by atoms with Gasteiger partial charge in [0.25, 0.3) is 0 Å². The number of carboxylic acid groups (broad SMARTS) is 1. The van der Waals surface area contributed by atoms with E-state index in [0.717, 1.165) is 0 Å². The van der Waals surface area contributed by atoms with Gasteiger partial charge in [-0.3, -0.25) is 0 Å². The highest BCUT2D eigenvalue weighted by Gasteiger charge is 2.26. The number of carboxylic acids is 1. The molecule has 20 heavy (non-hydrogen) atoms. The fraction of sp³-hybridized carbons (Fsp3) is 0.583. The van der Waals surface area contributed by atoms with Crippen molar-refractivity contribution in [3.8, 4) is 0 Å². The number of nitrogens with one attached hydrogen (secondary N) is 1. The van der Waals surface area contributed by atoms with Gasteiger partial charge in [0.2, 0.25) is 0 Å². The Morgan fingerprint density at radius 3 is 2.65 bits per heavy atom. The monoisotopic (exact) mass is 301 g/mol. The van der Waals surface area contributed by atoms with Crippen LogP contribution in [0.4, 0.5) is 4.79 Å². The topological polar surface area (TPSA) is 103 Å². The Bertz CT molecular complexity index is 487. The second-order valence-corrected chi connectivity index (χ2v) is 5.89. The zero-order valence-electron chi connectivity index (χ0n) is 11.7. The number of aromatic nitrogens is 1. The van der Waals surface area contributed by atoms with Gasteiger partial charge in [0.1, 0.15) is 0 Å². The molecule has 2 amide bonds. The molecule has 0 radical (unpaired) electrons. The highest BCUT2D eigenvalue weighted by atomic mass is 32.1. The predicted octanol–water partition coefficient (Wildman–Crippen LogP) is 0.796. The van der Waals surface area contributed by atoms with Crippen molar-refractivity contribution in [1.29, 1.82) is 0 Å². The lowest BCUT2D eigenvalue weighted by molar-refractivity contribution is 0.0691. The summed E-state index contributed by atoms with van der Waals surface area (Å²) < 4.78 is 0. The number of carbonyl (C=O) groups excluding carboxylic acids is 1. The van der Waals surface area contributed by atoms with E-state index >= 15 is 0 Å². The number of rotatable bonds is 6. The first-order chi connectivity index (χ1) is 9.27. The molecule has 0 saturated carbocycles. The van der Waals surface area contributed by atoms with Gasteiger partial charge >= 0.3 is 12.0 Å². The quantitative estimate of drug-likeness (QED) is 0.721. The molecular formula is C12H19N3O4S.